The Kier molecular flexibility index (Phi) is 6.40. The molecular weight excluding hydrogens is 445 g/mol. The number of pyridine rings is 1. The fourth-order valence-corrected chi connectivity index (χ4v) is 5.04. The number of carbonyl (C=O) groups excluding carboxylic acids is 1. The third-order valence-electron chi connectivity index (χ3n) is 5.74. The van der Waals surface area contributed by atoms with Gasteiger partial charge in [-0.2, -0.15) is 0 Å². The summed E-state index contributed by atoms with van der Waals surface area (Å²) in [6.45, 7) is 0.310. The second kappa shape index (κ2) is 9.93. The maximum Gasteiger partial charge on any atom is 0.230 e. The number of aromatic nitrogens is 2. The molecule has 34 heavy (non-hydrogen) atoms. The Morgan fingerprint density at radius 2 is 1.59 bits per heavy atom. The predicted octanol–water partition coefficient (Wildman–Crippen LogP) is 6.59. The van der Waals surface area contributed by atoms with Gasteiger partial charge < -0.3 is 0 Å². The van der Waals surface area contributed by atoms with Crippen LogP contribution in [0.3, 0.4) is 0 Å². The van der Waals surface area contributed by atoms with Crippen molar-refractivity contribution >= 4 is 32.6 Å². The molecule has 5 rings (SSSR count). The number of para-hydroxylation sites is 1. The highest BCUT2D eigenvalue weighted by Crippen LogP contribution is 2.34. The zero-order chi connectivity index (χ0) is 23.3. The van der Waals surface area contributed by atoms with E-state index in [1.807, 2.05) is 78.9 Å². The molecule has 5 aromatic rings. The standard InChI is InChI=1S/C28H22FN3OS/c29-24-14-7-15-25-27(24)31-28(34-25)32(19-20-9-8-16-30-18-20)26(33)17-23(21-10-3-1-4-11-21)22-12-5-2-6-13-22/h1-16,18,23H,17,19H2. The molecule has 0 bridgehead atoms. The van der Waals surface area contributed by atoms with Crippen LogP contribution in [0.25, 0.3) is 10.2 Å². The molecule has 1 amide bonds. The maximum atomic E-state index is 14.4. The van der Waals surface area contributed by atoms with Gasteiger partial charge in [0.15, 0.2) is 5.13 Å². The summed E-state index contributed by atoms with van der Waals surface area (Å²) in [5, 5.41) is 0.480. The Labute approximate surface area is 201 Å². The van der Waals surface area contributed by atoms with E-state index in [1.165, 1.54) is 17.4 Å². The van der Waals surface area contributed by atoms with Crippen molar-refractivity contribution in [2.75, 3.05) is 4.90 Å². The first-order valence-corrected chi connectivity index (χ1v) is 11.8. The van der Waals surface area contributed by atoms with E-state index < -0.39 is 0 Å². The highest BCUT2D eigenvalue weighted by atomic mass is 32.1. The van der Waals surface area contributed by atoms with E-state index in [4.69, 9.17) is 0 Å². The minimum Gasteiger partial charge on any atom is -0.284 e. The zero-order valence-electron chi connectivity index (χ0n) is 18.3. The van der Waals surface area contributed by atoms with E-state index in [0.29, 0.717) is 16.4 Å². The van der Waals surface area contributed by atoms with Gasteiger partial charge >= 0.3 is 0 Å². The van der Waals surface area contributed by atoms with Gasteiger partial charge in [0.2, 0.25) is 5.91 Å². The van der Waals surface area contributed by atoms with Gasteiger partial charge in [-0.15, -0.1) is 0 Å². The smallest absolute Gasteiger partial charge is 0.230 e. The molecule has 0 fully saturated rings. The third-order valence-corrected chi connectivity index (χ3v) is 6.78. The molecule has 2 aromatic heterocycles. The van der Waals surface area contributed by atoms with Gasteiger partial charge in [-0.05, 0) is 34.9 Å². The molecule has 3 aromatic carbocycles. The molecule has 6 heteroatoms. The summed E-state index contributed by atoms with van der Waals surface area (Å²) < 4.78 is 15.1. The van der Waals surface area contributed by atoms with E-state index in [9.17, 15) is 9.18 Å². The Balaban J connectivity index is 1.53. The van der Waals surface area contributed by atoms with Crippen LogP contribution in [0, 0.1) is 5.82 Å². The average molecular weight is 468 g/mol. The number of fused-ring (bicyclic) bond motifs is 1. The van der Waals surface area contributed by atoms with Gasteiger partial charge in [0.25, 0.3) is 0 Å². The Morgan fingerprint density at radius 1 is 0.882 bits per heavy atom. The molecule has 0 atom stereocenters. The van der Waals surface area contributed by atoms with Gasteiger partial charge in [-0.25, -0.2) is 9.37 Å². The first-order valence-electron chi connectivity index (χ1n) is 11.0. The largest absolute Gasteiger partial charge is 0.284 e. The number of halogens is 1. The minimum atomic E-state index is -0.389. The second-order valence-electron chi connectivity index (χ2n) is 8.00. The maximum absolute atomic E-state index is 14.4. The van der Waals surface area contributed by atoms with Crippen LogP contribution in [0.4, 0.5) is 9.52 Å². The highest BCUT2D eigenvalue weighted by Gasteiger charge is 2.26. The van der Waals surface area contributed by atoms with Crippen LogP contribution in [0.5, 0.6) is 0 Å². The van der Waals surface area contributed by atoms with Crippen molar-refractivity contribution < 1.29 is 9.18 Å². The summed E-state index contributed by atoms with van der Waals surface area (Å²) in [5.41, 5.74) is 3.30. The number of hydrogen-bond acceptors (Lipinski definition) is 4. The molecular formula is C28H22FN3OS. The lowest BCUT2D eigenvalue weighted by atomic mass is 9.88. The van der Waals surface area contributed by atoms with Crippen LogP contribution < -0.4 is 4.90 Å². The summed E-state index contributed by atoms with van der Waals surface area (Å²) in [7, 11) is 0. The number of anilines is 1. The van der Waals surface area contributed by atoms with Crippen LogP contribution in [-0.2, 0) is 11.3 Å². The van der Waals surface area contributed by atoms with E-state index in [0.717, 1.165) is 16.7 Å². The summed E-state index contributed by atoms with van der Waals surface area (Å²) in [4.78, 5) is 24.2. The topological polar surface area (TPSA) is 46.1 Å². The molecule has 0 aliphatic carbocycles. The fraction of sp³-hybridized carbons (Fsp3) is 0.107. The van der Waals surface area contributed by atoms with E-state index in [2.05, 4.69) is 9.97 Å². The Morgan fingerprint density at radius 3 is 2.21 bits per heavy atom. The lowest BCUT2D eigenvalue weighted by molar-refractivity contribution is -0.119. The summed E-state index contributed by atoms with van der Waals surface area (Å²) >= 11 is 1.32. The van der Waals surface area contributed by atoms with E-state index in [-0.39, 0.29) is 29.6 Å². The molecule has 0 radical (unpaired) electrons. The van der Waals surface area contributed by atoms with Gasteiger partial charge in [-0.3, -0.25) is 14.7 Å². The number of carbonyl (C=O) groups is 1. The van der Waals surface area contributed by atoms with Crippen LogP contribution in [0.15, 0.2) is 103 Å². The molecule has 168 valence electrons. The predicted molar refractivity (Wildman–Crippen MR) is 134 cm³/mol. The van der Waals surface area contributed by atoms with Crippen molar-refractivity contribution in [1.29, 1.82) is 0 Å². The number of amides is 1. The van der Waals surface area contributed by atoms with Crippen LogP contribution in [0.1, 0.15) is 29.0 Å². The Bertz CT molecular complexity index is 1350. The number of thiazole rings is 1. The Hall–Kier alpha value is -3.90. The van der Waals surface area contributed by atoms with Crippen LogP contribution in [0.2, 0.25) is 0 Å². The fourth-order valence-electron chi connectivity index (χ4n) is 4.04. The molecule has 0 unspecified atom stereocenters. The van der Waals surface area contributed by atoms with Crippen molar-refractivity contribution in [2.45, 2.75) is 18.9 Å². The molecule has 4 nitrogen and oxygen atoms in total. The second-order valence-corrected chi connectivity index (χ2v) is 9.01. The first-order chi connectivity index (χ1) is 16.7. The van der Waals surface area contributed by atoms with Gasteiger partial charge in [0.05, 0.1) is 11.2 Å². The molecule has 0 N–H and O–H groups in total. The third kappa shape index (κ3) is 4.72. The molecule has 0 aliphatic rings. The molecule has 0 saturated carbocycles. The quantitative estimate of drug-likeness (QED) is 0.271. The molecule has 2 heterocycles. The zero-order valence-corrected chi connectivity index (χ0v) is 19.2. The average Bonchev–Trinajstić information content (AvgIpc) is 3.33. The monoisotopic (exact) mass is 467 g/mol. The van der Waals surface area contributed by atoms with Gasteiger partial charge in [0.1, 0.15) is 11.3 Å². The number of hydrogen-bond donors (Lipinski definition) is 0. The lowest BCUT2D eigenvalue weighted by Crippen LogP contribution is -2.31. The summed E-state index contributed by atoms with van der Waals surface area (Å²) in [6, 6.07) is 28.7. The minimum absolute atomic E-state index is 0.0824. The highest BCUT2D eigenvalue weighted by molar-refractivity contribution is 7.22. The van der Waals surface area contributed by atoms with E-state index in [1.54, 1.807) is 23.4 Å². The number of benzene rings is 3. The first kappa shape index (κ1) is 21.9. The van der Waals surface area contributed by atoms with Crippen molar-refractivity contribution in [3.05, 3.63) is 126 Å². The van der Waals surface area contributed by atoms with Crippen molar-refractivity contribution in [1.82, 2.24) is 9.97 Å². The van der Waals surface area contributed by atoms with Crippen molar-refractivity contribution in [3.8, 4) is 0 Å². The SMILES string of the molecule is O=C(CC(c1ccccc1)c1ccccc1)N(Cc1cccnc1)c1nc2c(F)cccc2s1. The van der Waals surface area contributed by atoms with Crippen molar-refractivity contribution in [2.24, 2.45) is 0 Å². The normalized spacial score (nSPS) is 11.1. The summed E-state index contributed by atoms with van der Waals surface area (Å²) in [6.07, 6.45) is 3.69. The van der Waals surface area contributed by atoms with Crippen LogP contribution in [-0.4, -0.2) is 15.9 Å². The van der Waals surface area contributed by atoms with Crippen molar-refractivity contribution in [3.63, 3.8) is 0 Å². The number of rotatable bonds is 7. The molecule has 0 spiro atoms. The lowest BCUT2D eigenvalue weighted by Gasteiger charge is -2.24. The number of nitrogens with zero attached hydrogens (tertiary/aromatic N) is 3. The van der Waals surface area contributed by atoms with Gasteiger partial charge in [0, 0.05) is 24.7 Å². The summed E-state index contributed by atoms with van der Waals surface area (Å²) in [5.74, 6) is -0.585. The molecule has 0 aliphatic heterocycles. The van der Waals surface area contributed by atoms with E-state index >= 15 is 0 Å². The van der Waals surface area contributed by atoms with Crippen LogP contribution >= 0.6 is 11.3 Å². The van der Waals surface area contributed by atoms with Gasteiger partial charge in [-0.1, -0.05) is 84.1 Å². The molecule has 0 saturated heterocycles.